The Morgan fingerprint density at radius 2 is 1.78 bits per heavy atom. The Balaban J connectivity index is 1.58. The van der Waals surface area contributed by atoms with Crippen LogP contribution < -0.4 is 15.8 Å². The number of nitrogens with one attached hydrogen (secondary N) is 1. The predicted molar refractivity (Wildman–Crippen MR) is 170 cm³/mol. The van der Waals surface area contributed by atoms with Crippen LogP contribution in [0.3, 0.4) is 0 Å². The zero-order valence-corrected chi connectivity index (χ0v) is 27.9. The molecular weight excluding hydrogens is 626 g/mol. The summed E-state index contributed by atoms with van der Waals surface area (Å²) in [5, 5.41) is 7.22. The molecule has 3 atom stereocenters. The molecule has 45 heavy (non-hydrogen) atoms. The van der Waals surface area contributed by atoms with E-state index in [0.717, 1.165) is 0 Å². The molecule has 14 heteroatoms. The van der Waals surface area contributed by atoms with Crippen molar-refractivity contribution in [2.75, 3.05) is 11.9 Å². The second-order valence-electron chi connectivity index (χ2n) is 12.8. The smallest absolute Gasteiger partial charge is 0.413 e. The van der Waals surface area contributed by atoms with Gasteiger partial charge in [-0.15, -0.1) is 0 Å². The number of halogens is 3. The van der Waals surface area contributed by atoms with E-state index < -0.39 is 41.5 Å². The van der Waals surface area contributed by atoms with Crippen LogP contribution in [0.5, 0.6) is 5.75 Å². The third kappa shape index (κ3) is 8.77. The monoisotopic (exact) mass is 664 g/mol. The summed E-state index contributed by atoms with van der Waals surface area (Å²) >= 11 is 12.6. The van der Waals surface area contributed by atoms with E-state index in [1.165, 1.54) is 17.0 Å². The second-order valence-corrected chi connectivity index (χ2v) is 13.6. The summed E-state index contributed by atoms with van der Waals surface area (Å²) in [6.07, 6.45) is 3.68. The number of amides is 2. The summed E-state index contributed by atoms with van der Waals surface area (Å²) in [6, 6.07) is 4.19. The highest BCUT2D eigenvalue weighted by atomic mass is 35.5. The van der Waals surface area contributed by atoms with E-state index in [4.69, 9.17) is 43.1 Å². The summed E-state index contributed by atoms with van der Waals surface area (Å²) in [5.41, 5.74) is 6.58. The maximum Gasteiger partial charge on any atom is 0.413 e. The quantitative estimate of drug-likeness (QED) is 0.256. The van der Waals surface area contributed by atoms with Crippen molar-refractivity contribution in [3.05, 3.63) is 58.2 Å². The number of aromatic nitrogens is 3. The largest absolute Gasteiger partial charge is 0.482 e. The lowest BCUT2D eigenvalue weighted by molar-refractivity contribution is 0.00566. The summed E-state index contributed by atoms with van der Waals surface area (Å²) < 4.78 is 33.2. The van der Waals surface area contributed by atoms with Crippen LogP contribution in [-0.4, -0.2) is 55.8 Å². The van der Waals surface area contributed by atoms with Crippen molar-refractivity contribution in [1.29, 1.82) is 0 Å². The predicted octanol–water partition coefficient (Wildman–Crippen LogP) is 7.73. The molecule has 1 aliphatic rings. The Labute approximate surface area is 272 Å². The third-order valence-corrected chi connectivity index (χ3v) is 7.53. The molecule has 0 aliphatic carbocycles. The fraction of sp³-hybridized carbons (Fsp3) is 0.484. The van der Waals surface area contributed by atoms with Crippen LogP contribution >= 0.6 is 23.2 Å². The molecule has 4 rings (SSSR count). The van der Waals surface area contributed by atoms with Crippen LogP contribution in [0, 0.1) is 5.82 Å². The number of pyridine rings is 1. The van der Waals surface area contributed by atoms with Crippen molar-refractivity contribution in [3.8, 4) is 16.9 Å². The van der Waals surface area contributed by atoms with Gasteiger partial charge in [-0.2, -0.15) is 5.10 Å². The first kappa shape index (κ1) is 34.3. The zero-order valence-electron chi connectivity index (χ0n) is 26.4. The van der Waals surface area contributed by atoms with E-state index in [0.29, 0.717) is 30.5 Å². The molecule has 3 N–H and O–H groups in total. The van der Waals surface area contributed by atoms with E-state index in [2.05, 4.69) is 15.4 Å². The first-order chi connectivity index (χ1) is 20.9. The van der Waals surface area contributed by atoms with Gasteiger partial charge in [-0.05, 0) is 73.1 Å². The molecule has 0 bridgehead atoms. The highest BCUT2D eigenvalue weighted by Crippen LogP contribution is 2.38. The number of nitrogens with two attached hydrogens (primary N) is 1. The minimum Gasteiger partial charge on any atom is -0.482 e. The molecule has 1 aliphatic heterocycles. The van der Waals surface area contributed by atoms with Gasteiger partial charge < -0.3 is 19.9 Å². The molecule has 3 unspecified atom stereocenters. The number of benzene rings is 1. The normalized spacial score (nSPS) is 17.9. The molecule has 2 aromatic heterocycles. The molecule has 3 heterocycles. The number of carbonyl (C=O) groups excluding carboxylic acids is 2. The number of carbonyl (C=O) groups is 2. The van der Waals surface area contributed by atoms with Gasteiger partial charge in [0.2, 0.25) is 0 Å². The van der Waals surface area contributed by atoms with E-state index in [1.54, 1.807) is 46.2 Å². The van der Waals surface area contributed by atoms with Gasteiger partial charge in [0.15, 0.2) is 11.6 Å². The zero-order chi connectivity index (χ0) is 33.3. The SMILES string of the molecule is CC(Oc1cc(-c2cnn(C3CCN(C(=O)OC(C)(C)C)C(N)C3)c2)cnc1NC(=O)OC(C)(C)C)c1c(Cl)ccc(F)c1Cl. The van der Waals surface area contributed by atoms with E-state index >= 15 is 0 Å². The first-order valence-corrected chi connectivity index (χ1v) is 15.3. The van der Waals surface area contributed by atoms with Crippen LogP contribution in [0.4, 0.5) is 19.8 Å². The van der Waals surface area contributed by atoms with Crippen LogP contribution in [-0.2, 0) is 9.47 Å². The fourth-order valence-corrected chi connectivity index (χ4v) is 5.48. The van der Waals surface area contributed by atoms with Crippen LogP contribution in [0.25, 0.3) is 11.1 Å². The standard InChI is InChI=1S/C31H39Cl2FN6O5/c1-17(25-21(32)8-9-22(34)26(25)33)43-23-12-18(14-36-27(23)38-28(41)44-30(2,3)4)19-15-37-40(16-19)20-10-11-39(24(35)13-20)29(42)45-31(5,6)7/h8-9,12,14-17,20,24H,10-11,13,35H2,1-7H3,(H,36,38,41). The summed E-state index contributed by atoms with van der Waals surface area (Å²) in [6.45, 7) is 12.7. The summed E-state index contributed by atoms with van der Waals surface area (Å²) in [7, 11) is 0. The molecule has 0 radical (unpaired) electrons. The van der Waals surface area contributed by atoms with E-state index in [-0.39, 0.29) is 33.2 Å². The van der Waals surface area contributed by atoms with E-state index in [1.807, 2.05) is 31.6 Å². The number of hydrogen-bond donors (Lipinski definition) is 2. The first-order valence-electron chi connectivity index (χ1n) is 14.5. The minimum absolute atomic E-state index is 0.0542. The Kier molecular flexibility index (Phi) is 10.2. The lowest BCUT2D eigenvalue weighted by atomic mass is 10.0. The second kappa shape index (κ2) is 13.4. The van der Waals surface area contributed by atoms with Crippen molar-refractivity contribution in [2.24, 2.45) is 5.73 Å². The third-order valence-electron chi connectivity index (χ3n) is 6.82. The molecule has 11 nitrogen and oxygen atoms in total. The van der Waals surface area contributed by atoms with Crippen LogP contribution in [0.1, 0.15) is 79.0 Å². The van der Waals surface area contributed by atoms with Gasteiger partial charge in [0.1, 0.15) is 23.1 Å². The van der Waals surface area contributed by atoms with Gasteiger partial charge in [0.25, 0.3) is 0 Å². The number of hydrogen-bond acceptors (Lipinski definition) is 8. The number of ether oxygens (including phenoxy) is 3. The Morgan fingerprint density at radius 3 is 2.42 bits per heavy atom. The average Bonchev–Trinajstić information content (AvgIpc) is 3.40. The Hall–Kier alpha value is -3.61. The lowest BCUT2D eigenvalue weighted by Gasteiger charge is -2.38. The fourth-order valence-electron chi connectivity index (χ4n) is 4.80. The number of anilines is 1. The summed E-state index contributed by atoms with van der Waals surface area (Å²) in [4.78, 5) is 31.2. The van der Waals surface area contributed by atoms with Gasteiger partial charge in [-0.25, -0.2) is 19.0 Å². The highest BCUT2D eigenvalue weighted by molar-refractivity contribution is 6.36. The van der Waals surface area contributed by atoms with Crippen LogP contribution in [0.2, 0.25) is 10.0 Å². The van der Waals surface area contributed by atoms with Crippen molar-refractivity contribution in [1.82, 2.24) is 19.7 Å². The maximum atomic E-state index is 14.3. The van der Waals surface area contributed by atoms with Gasteiger partial charge in [0.05, 0.1) is 23.4 Å². The van der Waals surface area contributed by atoms with Gasteiger partial charge in [-0.1, -0.05) is 23.2 Å². The molecule has 0 saturated carbocycles. The molecule has 1 aromatic carbocycles. The van der Waals surface area contributed by atoms with Crippen molar-refractivity contribution < 1.29 is 28.2 Å². The van der Waals surface area contributed by atoms with Crippen molar-refractivity contribution >= 4 is 41.2 Å². The van der Waals surface area contributed by atoms with Gasteiger partial charge >= 0.3 is 12.2 Å². The number of piperidine rings is 1. The topological polar surface area (TPSA) is 134 Å². The molecule has 2 amide bonds. The molecule has 0 spiro atoms. The minimum atomic E-state index is -0.823. The van der Waals surface area contributed by atoms with Gasteiger partial charge in [-0.3, -0.25) is 14.9 Å². The molecule has 1 saturated heterocycles. The number of nitrogens with zero attached hydrogens (tertiary/aromatic N) is 4. The number of rotatable bonds is 6. The summed E-state index contributed by atoms with van der Waals surface area (Å²) in [5.74, 6) is -0.395. The van der Waals surface area contributed by atoms with Crippen molar-refractivity contribution in [3.63, 3.8) is 0 Å². The maximum absolute atomic E-state index is 14.3. The lowest BCUT2D eigenvalue weighted by Crippen LogP contribution is -2.52. The van der Waals surface area contributed by atoms with Crippen LogP contribution in [0.15, 0.2) is 36.8 Å². The average molecular weight is 666 g/mol. The molecular formula is C31H39Cl2FN6O5. The van der Waals surface area contributed by atoms with Crippen molar-refractivity contribution in [2.45, 2.75) is 90.8 Å². The molecule has 244 valence electrons. The Morgan fingerprint density at radius 1 is 1.09 bits per heavy atom. The Bertz CT molecular complexity index is 1550. The van der Waals surface area contributed by atoms with E-state index in [9.17, 15) is 14.0 Å². The molecule has 3 aromatic rings. The molecule has 1 fully saturated rings. The van der Waals surface area contributed by atoms with Gasteiger partial charge in [0, 0.05) is 47.1 Å². The number of likely N-dealkylation sites (tertiary alicyclic amines) is 1. The highest BCUT2D eigenvalue weighted by Gasteiger charge is 2.33.